The summed E-state index contributed by atoms with van der Waals surface area (Å²) in [5, 5.41) is 0. The fraction of sp³-hybridized carbons (Fsp3) is 0.429. The molecule has 0 spiro atoms. The van der Waals surface area contributed by atoms with Crippen molar-refractivity contribution in [3.8, 4) is 0 Å². The van der Waals surface area contributed by atoms with Crippen LogP contribution in [0, 0.1) is 5.92 Å². The van der Waals surface area contributed by atoms with Gasteiger partial charge < -0.3 is 0 Å². The second kappa shape index (κ2) is 5.06. The van der Waals surface area contributed by atoms with E-state index < -0.39 is 0 Å². The number of ketones is 2. The highest BCUT2D eigenvalue weighted by Crippen LogP contribution is 2.24. The highest BCUT2D eigenvalue weighted by Gasteiger charge is 2.24. The van der Waals surface area contributed by atoms with Crippen LogP contribution in [-0.4, -0.2) is 11.6 Å². The summed E-state index contributed by atoms with van der Waals surface area (Å²) < 4.78 is 0. The van der Waals surface area contributed by atoms with Gasteiger partial charge in [-0.3, -0.25) is 9.59 Å². The summed E-state index contributed by atoms with van der Waals surface area (Å²) in [6.07, 6.45) is 3.89. The molecule has 0 N–H and O–H groups in total. The van der Waals surface area contributed by atoms with Crippen LogP contribution in [-0.2, 0) is 4.79 Å². The average Bonchev–Trinajstić information content (AvgIpc) is 2.54. The molecule has 1 aromatic carbocycles. The lowest BCUT2D eigenvalue weighted by Gasteiger charge is -2.11. The van der Waals surface area contributed by atoms with Crippen molar-refractivity contribution in [3.63, 3.8) is 0 Å². The quantitative estimate of drug-likeness (QED) is 0.562. The molecule has 1 unspecified atom stereocenters. The molecule has 0 aliphatic heterocycles. The Morgan fingerprint density at radius 1 is 1.12 bits per heavy atom. The SMILES string of the molecule is O=C1CCCCC(C(=O)c2ccccc2)C1. The Morgan fingerprint density at radius 3 is 2.62 bits per heavy atom. The summed E-state index contributed by atoms with van der Waals surface area (Å²) >= 11 is 0. The molecule has 0 radical (unpaired) electrons. The van der Waals surface area contributed by atoms with E-state index in [0.717, 1.165) is 24.8 Å². The van der Waals surface area contributed by atoms with E-state index in [2.05, 4.69) is 0 Å². The van der Waals surface area contributed by atoms with E-state index in [1.165, 1.54) is 0 Å². The van der Waals surface area contributed by atoms with Gasteiger partial charge in [-0.15, -0.1) is 0 Å². The van der Waals surface area contributed by atoms with Crippen molar-refractivity contribution in [2.24, 2.45) is 5.92 Å². The maximum Gasteiger partial charge on any atom is 0.166 e. The Kier molecular flexibility index (Phi) is 3.50. The highest BCUT2D eigenvalue weighted by atomic mass is 16.1. The second-order valence-electron chi connectivity index (χ2n) is 4.42. The van der Waals surface area contributed by atoms with Crippen molar-refractivity contribution in [2.45, 2.75) is 32.1 Å². The van der Waals surface area contributed by atoms with E-state index in [4.69, 9.17) is 0 Å². The molecule has 16 heavy (non-hydrogen) atoms. The van der Waals surface area contributed by atoms with Crippen molar-refractivity contribution in [3.05, 3.63) is 35.9 Å². The standard InChI is InChI=1S/C14H16O2/c15-13-9-5-4-8-12(10-13)14(16)11-6-2-1-3-7-11/h1-3,6-7,12H,4-5,8-10H2. The third-order valence-corrected chi connectivity index (χ3v) is 3.16. The molecule has 1 saturated carbocycles. The monoisotopic (exact) mass is 216 g/mol. The summed E-state index contributed by atoms with van der Waals surface area (Å²) in [5.41, 5.74) is 0.738. The topological polar surface area (TPSA) is 34.1 Å². The molecule has 0 amide bonds. The summed E-state index contributed by atoms with van der Waals surface area (Å²) in [7, 11) is 0. The van der Waals surface area contributed by atoms with E-state index in [1.807, 2.05) is 30.3 Å². The molecule has 0 bridgehead atoms. The van der Waals surface area contributed by atoms with Crippen LogP contribution in [0.1, 0.15) is 42.5 Å². The molecular weight excluding hydrogens is 200 g/mol. The molecule has 1 fully saturated rings. The smallest absolute Gasteiger partial charge is 0.166 e. The van der Waals surface area contributed by atoms with Gasteiger partial charge in [-0.2, -0.15) is 0 Å². The van der Waals surface area contributed by atoms with Crippen LogP contribution in [0.25, 0.3) is 0 Å². The van der Waals surface area contributed by atoms with E-state index >= 15 is 0 Å². The van der Waals surface area contributed by atoms with Gasteiger partial charge >= 0.3 is 0 Å². The van der Waals surface area contributed by atoms with E-state index in [9.17, 15) is 9.59 Å². The number of Topliss-reactive ketones (excluding diaryl/α,β-unsaturated/α-hetero) is 2. The van der Waals surface area contributed by atoms with Gasteiger partial charge in [0.15, 0.2) is 5.78 Å². The Labute approximate surface area is 95.7 Å². The van der Waals surface area contributed by atoms with Gasteiger partial charge in [0.25, 0.3) is 0 Å². The van der Waals surface area contributed by atoms with Crippen LogP contribution < -0.4 is 0 Å². The summed E-state index contributed by atoms with van der Waals surface area (Å²) in [4.78, 5) is 23.6. The minimum atomic E-state index is -0.0857. The summed E-state index contributed by atoms with van der Waals surface area (Å²) in [6, 6.07) is 9.29. The lowest BCUT2D eigenvalue weighted by molar-refractivity contribution is -0.119. The first kappa shape index (κ1) is 11.1. The van der Waals surface area contributed by atoms with Crippen molar-refractivity contribution < 1.29 is 9.59 Å². The lowest BCUT2D eigenvalue weighted by atomic mass is 9.91. The van der Waals surface area contributed by atoms with Gasteiger partial charge in [-0.05, 0) is 12.8 Å². The molecule has 0 saturated heterocycles. The fourth-order valence-corrected chi connectivity index (χ4v) is 2.25. The van der Waals surface area contributed by atoms with Gasteiger partial charge in [0, 0.05) is 24.3 Å². The summed E-state index contributed by atoms with van der Waals surface area (Å²) in [5.74, 6) is 0.292. The van der Waals surface area contributed by atoms with Gasteiger partial charge in [0.2, 0.25) is 0 Å². The van der Waals surface area contributed by atoms with Crippen molar-refractivity contribution >= 4 is 11.6 Å². The predicted octanol–water partition coefficient (Wildman–Crippen LogP) is 3.02. The molecule has 1 aliphatic rings. The number of carbonyl (C=O) groups is 2. The minimum absolute atomic E-state index is 0.0857. The first-order chi connectivity index (χ1) is 7.77. The molecule has 0 aromatic heterocycles. The zero-order valence-electron chi connectivity index (χ0n) is 9.32. The van der Waals surface area contributed by atoms with Crippen LogP contribution >= 0.6 is 0 Å². The number of rotatable bonds is 2. The van der Waals surface area contributed by atoms with Crippen LogP contribution in [0.2, 0.25) is 0 Å². The molecule has 2 heteroatoms. The maximum absolute atomic E-state index is 12.1. The molecule has 1 atom stereocenters. The van der Waals surface area contributed by atoms with Gasteiger partial charge in [0.1, 0.15) is 5.78 Å². The Bertz CT molecular complexity index is 381. The first-order valence-electron chi connectivity index (χ1n) is 5.88. The van der Waals surface area contributed by atoms with E-state index in [1.54, 1.807) is 0 Å². The van der Waals surface area contributed by atoms with Gasteiger partial charge in [-0.1, -0.05) is 36.8 Å². The van der Waals surface area contributed by atoms with Crippen LogP contribution in [0.5, 0.6) is 0 Å². The Balaban J connectivity index is 2.12. The third kappa shape index (κ3) is 2.57. The molecular formula is C14H16O2. The van der Waals surface area contributed by atoms with Crippen LogP contribution in [0.3, 0.4) is 0 Å². The van der Waals surface area contributed by atoms with Crippen molar-refractivity contribution in [1.29, 1.82) is 0 Å². The largest absolute Gasteiger partial charge is 0.300 e. The summed E-state index contributed by atoms with van der Waals surface area (Å²) in [6.45, 7) is 0. The number of benzene rings is 1. The predicted molar refractivity (Wildman–Crippen MR) is 62.4 cm³/mol. The maximum atomic E-state index is 12.1. The van der Waals surface area contributed by atoms with Crippen molar-refractivity contribution in [2.75, 3.05) is 0 Å². The van der Waals surface area contributed by atoms with Crippen LogP contribution in [0.15, 0.2) is 30.3 Å². The average molecular weight is 216 g/mol. The minimum Gasteiger partial charge on any atom is -0.300 e. The Morgan fingerprint density at radius 2 is 1.88 bits per heavy atom. The third-order valence-electron chi connectivity index (χ3n) is 3.16. The molecule has 84 valence electrons. The zero-order chi connectivity index (χ0) is 11.4. The van der Waals surface area contributed by atoms with E-state index in [-0.39, 0.29) is 17.5 Å². The number of carbonyl (C=O) groups excluding carboxylic acids is 2. The molecule has 1 aliphatic carbocycles. The van der Waals surface area contributed by atoms with Crippen LogP contribution in [0.4, 0.5) is 0 Å². The zero-order valence-corrected chi connectivity index (χ0v) is 9.32. The normalized spacial score (nSPS) is 21.5. The molecule has 2 rings (SSSR count). The van der Waals surface area contributed by atoms with Gasteiger partial charge in [-0.25, -0.2) is 0 Å². The lowest BCUT2D eigenvalue weighted by Crippen LogP contribution is -2.16. The van der Waals surface area contributed by atoms with E-state index in [0.29, 0.717) is 12.8 Å². The van der Waals surface area contributed by atoms with Crippen molar-refractivity contribution in [1.82, 2.24) is 0 Å². The number of hydrogen-bond acceptors (Lipinski definition) is 2. The highest BCUT2D eigenvalue weighted by molar-refractivity contribution is 6.00. The second-order valence-corrected chi connectivity index (χ2v) is 4.42. The molecule has 2 nitrogen and oxygen atoms in total. The fourth-order valence-electron chi connectivity index (χ4n) is 2.25. The molecule has 0 heterocycles. The Hall–Kier alpha value is -1.44. The van der Waals surface area contributed by atoms with Gasteiger partial charge in [0.05, 0.1) is 0 Å². The molecule has 1 aromatic rings. The number of hydrogen-bond donors (Lipinski definition) is 0. The first-order valence-corrected chi connectivity index (χ1v) is 5.88.